The maximum Gasteiger partial charge on any atom is 0.243 e. The lowest BCUT2D eigenvalue weighted by atomic mass is 10.1. The molecule has 0 unspecified atom stereocenters. The topological polar surface area (TPSA) is 75.4 Å². The summed E-state index contributed by atoms with van der Waals surface area (Å²) >= 11 is 0. The quantitative estimate of drug-likeness (QED) is 0.689. The summed E-state index contributed by atoms with van der Waals surface area (Å²) in [5.41, 5.74) is 5.99. The van der Waals surface area contributed by atoms with Gasteiger partial charge in [-0.15, -0.1) is 0 Å². The molecule has 82 valence electrons. The number of carbonyl (C=O) groups is 1. The van der Waals surface area contributed by atoms with Crippen LogP contribution in [-0.2, 0) is 11.4 Å². The summed E-state index contributed by atoms with van der Waals surface area (Å²) in [6, 6.07) is 7.07. The third-order valence-corrected chi connectivity index (χ3v) is 2.02. The van der Waals surface area contributed by atoms with Gasteiger partial charge in [-0.1, -0.05) is 18.2 Å². The Morgan fingerprint density at radius 2 is 2.07 bits per heavy atom. The molecule has 0 aliphatic heterocycles. The Balaban J connectivity index is 2.85. The summed E-state index contributed by atoms with van der Waals surface area (Å²) in [5, 5.41) is 11.7. The molecule has 4 N–H and O–H groups in total. The molecule has 1 rings (SSSR count). The van der Waals surface area contributed by atoms with Crippen LogP contribution in [0.5, 0.6) is 0 Å². The molecular formula is C11H16N2O2. The number of nitrogens with one attached hydrogen (secondary N) is 1. The lowest BCUT2D eigenvalue weighted by Gasteiger charge is -2.18. The molecule has 0 saturated heterocycles. The van der Waals surface area contributed by atoms with Gasteiger partial charge in [-0.3, -0.25) is 4.79 Å². The van der Waals surface area contributed by atoms with Crippen LogP contribution in [0.25, 0.3) is 0 Å². The van der Waals surface area contributed by atoms with Gasteiger partial charge in [-0.05, 0) is 19.9 Å². The average molecular weight is 208 g/mol. The van der Waals surface area contributed by atoms with Gasteiger partial charge in [0.25, 0.3) is 0 Å². The second-order valence-electron chi connectivity index (χ2n) is 3.99. The van der Waals surface area contributed by atoms with Crippen LogP contribution < -0.4 is 11.1 Å². The van der Waals surface area contributed by atoms with Crippen molar-refractivity contribution in [3.8, 4) is 0 Å². The van der Waals surface area contributed by atoms with Crippen molar-refractivity contribution in [3.63, 3.8) is 0 Å². The van der Waals surface area contributed by atoms with Gasteiger partial charge in [-0.25, -0.2) is 0 Å². The third kappa shape index (κ3) is 3.04. The van der Waals surface area contributed by atoms with Gasteiger partial charge in [0, 0.05) is 11.3 Å². The summed E-state index contributed by atoms with van der Waals surface area (Å²) in [5.74, 6) is -0.275. The fourth-order valence-electron chi connectivity index (χ4n) is 1.06. The highest BCUT2D eigenvalue weighted by Crippen LogP contribution is 2.15. The summed E-state index contributed by atoms with van der Waals surface area (Å²) in [6.45, 7) is 3.15. The molecule has 1 amide bonds. The minimum absolute atomic E-state index is 0.110. The number of benzene rings is 1. The Labute approximate surface area is 89.1 Å². The first-order valence-electron chi connectivity index (χ1n) is 4.74. The van der Waals surface area contributed by atoms with Crippen LogP contribution in [-0.4, -0.2) is 16.6 Å². The minimum atomic E-state index is -0.928. The molecule has 0 aliphatic rings. The number of rotatable bonds is 3. The molecule has 1 aromatic rings. The van der Waals surface area contributed by atoms with Gasteiger partial charge in [-0.2, -0.15) is 0 Å². The zero-order valence-corrected chi connectivity index (χ0v) is 8.95. The standard InChI is InChI=1S/C11H16N2O2/c1-11(2,12)10(15)13-9-6-4-3-5-8(9)7-14/h3-6,14H,7,12H2,1-2H3,(H,13,15). The minimum Gasteiger partial charge on any atom is -0.392 e. The van der Waals surface area contributed by atoms with Crippen LogP contribution in [0.1, 0.15) is 19.4 Å². The maximum atomic E-state index is 11.6. The predicted octanol–water partition coefficient (Wildman–Crippen LogP) is 0.855. The number of aliphatic hydroxyl groups is 1. The lowest BCUT2D eigenvalue weighted by Crippen LogP contribution is -2.45. The number of nitrogens with two attached hydrogens (primary N) is 1. The molecule has 0 saturated carbocycles. The van der Waals surface area contributed by atoms with E-state index in [1.54, 1.807) is 38.1 Å². The van der Waals surface area contributed by atoms with Crippen molar-refractivity contribution in [3.05, 3.63) is 29.8 Å². The van der Waals surface area contributed by atoms with Crippen LogP contribution in [0.15, 0.2) is 24.3 Å². The zero-order valence-electron chi connectivity index (χ0n) is 8.95. The van der Waals surface area contributed by atoms with Gasteiger partial charge in [0.1, 0.15) is 0 Å². The maximum absolute atomic E-state index is 11.6. The van der Waals surface area contributed by atoms with E-state index in [4.69, 9.17) is 10.8 Å². The van der Waals surface area contributed by atoms with Crippen molar-refractivity contribution in [2.75, 3.05) is 5.32 Å². The second kappa shape index (κ2) is 4.42. The van der Waals surface area contributed by atoms with E-state index in [1.165, 1.54) is 0 Å². The number of aliphatic hydroxyl groups excluding tert-OH is 1. The molecule has 4 nitrogen and oxygen atoms in total. The van der Waals surface area contributed by atoms with Crippen LogP contribution in [0.4, 0.5) is 5.69 Å². The molecular weight excluding hydrogens is 192 g/mol. The Morgan fingerprint density at radius 3 is 2.60 bits per heavy atom. The van der Waals surface area contributed by atoms with E-state index < -0.39 is 5.54 Å². The van der Waals surface area contributed by atoms with Gasteiger partial charge < -0.3 is 16.2 Å². The molecule has 0 radical (unpaired) electrons. The number of hydrogen-bond acceptors (Lipinski definition) is 3. The van der Waals surface area contributed by atoms with Crippen LogP contribution in [0, 0.1) is 0 Å². The molecule has 4 heteroatoms. The molecule has 1 aromatic carbocycles. The van der Waals surface area contributed by atoms with Crippen molar-refractivity contribution in [2.24, 2.45) is 5.73 Å². The number of para-hydroxylation sites is 1. The summed E-state index contributed by atoms with van der Waals surface area (Å²) in [4.78, 5) is 11.6. The van der Waals surface area contributed by atoms with Crippen molar-refractivity contribution in [1.82, 2.24) is 0 Å². The Morgan fingerprint density at radius 1 is 1.47 bits per heavy atom. The van der Waals surface area contributed by atoms with Crippen LogP contribution in [0.3, 0.4) is 0 Å². The van der Waals surface area contributed by atoms with Crippen molar-refractivity contribution >= 4 is 11.6 Å². The fraction of sp³-hybridized carbons (Fsp3) is 0.364. The first kappa shape index (κ1) is 11.7. The van der Waals surface area contributed by atoms with E-state index in [0.717, 1.165) is 0 Å². The normalized spacial score (nSPS) is 11.2. The molecule has 15 heavy (non-hydrogen) atoms. The fourth-order valence-corrected chi connectivity index (χ4v) is 1.06. The smallest absolute Gasteiger partial charge is 0.243 e. The molecule has 0 fully saturated rings. The summed E-state index contributed by atoms with van der Waals surface area (Å²) < 4.78 is 0. The van der Waals surface area contributed by atoms with E-state index in [0.29, 0.717) is 11.3 Å². The van der Waals surface area contributed by atoms with Crippen molar-refractivity contribution in [1.29, 1.82) is 0 Å². The molecule has 0 spiro atoms. The number of carbonyl (C=O) groups excluding carboxylic acids is 1. The Bertz CT molecular complexity index is 356. The van der Waals surface area contributed by atoms with Crippen molar-refractivity contribution < 1.29 is 9.90 Å². The zero-order chi connectivity index (χ0) is 11.5. The monoisotopic (exact) mass is 208 g/mol. The van der Waals surface area contributed by atoms with Gasteiger partial charge in [0.05, 0.1) is 12.1 Å². The SMILES string of the molecule is CC(C)(N)C(=O)Nc1ccccc1CO. The third-order valence-electron chi connectivity index (χ3n) is 2.02. The Hall–Kier alpha value is -1.39. The first-order chi connectivity index (χ1) is 6.95. The van der Waals surface area contributed by atoms with Gasteiger partial charge >= 0.3 is 0 Å². The lowest BCUT2D eigenvalue weighted by molar-refractivity contribution is -0.120. The van der Waals surface area contributed by atoms with Gasteiger partial charge in [0.15, 0.2) is 0 Å². The van der Waals surface area contributed by atoms with Crippen LogP contribution >= 0.6 is 0 Å². The summed E-state index contributed by atoms with van der Waals surface area (Å²) in [6.07, 6.45) is 0. The Kier molecular flexibility index (Phi) is 3.44. The predicted molar refractivity (Wildman–Crippen MR) is 59.3 cm³/mol. The summed E-state index contributed by atoms with van der Waals surface area (Å²) in [7, 11) is 0. The number of amides is 1. The van der Waals surface area contributed by atoms with Crippen molar-refractivity contribution in [2.45, 2.75) is 26.0 Å². The van der Waals surface area contributed by atoms with E-state index in [1.807, 2.05) is 0 Å². The molecule has 0 aliphatic carbocycles. The number of hydrogen-bond donors (Lipinski definition) is 3. The molecule has 0 atom stereocenters. The van der Waals surface area contributed by atoms with E-state index in [2.05, 4.69) is 5.32 Å². The molecule has 0 aromatic heterocycles. The highest BCUT2D eigenvalue weighted by molar-refractivity contribution is 5.97. The highest BCUT2D eigenvalue weighted by atomic mass is 16.3. The first-order valence-corrected chi connectivity index (χ1v) is 4.74. The van der Waals surface area contributed by atoms with E-state index in [-0.39, 0.29) is 12.5 Å². The van der Waals surface area contributed by atoms with Crippen LogP contribution in [0.2, 0.25) is 0 Å². The average Bonchev–Trinajstić information content (AvgIpc) is 2.17. The molecule has 0 heterocycles. The van der Waals surface area contributed by atoms with Gasteiger partial charge in [0.2, 0.25) is 5.91 Å². The number of anilines is 1. The van der Waals surface area contributed by atoms with E-state index >= 15 is 0 Å². The second-order valence-corrected chi connectivity index (χ2v) is 3.99. The highest BCUT2D eigenvalue weighted by Gasteiger charge is 2.22. The molecule has 0 bridgehead atoms. The largest absolute Gasteiger partial charge is 0.392 e. The van der Waals surface area contributed by atoms with E-state index in [9.17, 15) is 4.79 Å².